The standard InChI is InChI=1S/C23H20BrN3O4/c1-30-21-8-3-2-7-20(21)26-22(28)15-31-19-11-9-16(10-12-19)14-25-27-23(29)17-5-4-6-18(24)13-17/h2-14H,15H2,1H3,(H,26,28)(H,27,29). The van der Waals surface area contributed by atoms with Gasteiger partial charge in [0.2, 0.25) is 0 Å². The number of ether oxygens (including phenoxy) is 2. The number of amides is 2. The summed E-state index contributed by atoms with van der Waals surface area (Å²) in [6.07, 6.45) is 1.52. The van der Waals surface area contributed by atoms with Crippen molar-refractivity contribution in [3.8, 4) is 11.5 Å². The van der Waals surface area contributed by atoms with Crippen molar-refractivity contribution < 1.29 is 19.1 Å². The van der Waals surface area contributed by atoms with Gasteiger partial charge in [0, 0.05) is 10.0 Å². The van der Waals surface area contributed by atoms with Gasteiger partial charge in [0.1, 0.15) is 11.5 Å². The molecule has 31 heavy (non-hydrogen) atoms. The molecule has 2 N–H and O–H groups in total. The van der Waals surface area contributed by atoms with E-state index in [1.165, 1.54) is 6.21 Å². The van der Waals surface area contributed by atoms with Crippen molar-refractivity contribution in [1.82, 2.24) is 5.43 Å². The van der Waals surface area contributed by atoms with E-state index in [9.17, 15) is 9.59 Å². The zero-order chi connectivity index (χ0) is 22.1. The number of para-hydroxylation sites is 2. The summed E-state index contributed by atoms with van der Waals surface area (Å²) in [5.41, 5.74) is 4.32. The Hall–Kier alpha value is -3.65. The molecule has 0 aliphatic rings. The molecule has 0 bridgehead atoms. The van der Waals surface area contributed by atoms with E-state index in [0.717, 1.165) is 10.0 Å². The van der Waals surface area contributed by atoms with Gasteiger partial charge >= 0.3 is 0 Å². The van der Waals surface area contributed by atoms with Gasteiger partial charge in [-0.15, -0.1) is 0 Å². The molecule has 8 heteroatoms. The number of anilines is 1. The summed E-state index contributed by atoms with van der Waals surface area (Å²) >= 11 is 3.33. The molecule has 0 radical (unpaired) electrons. The van der Waals surface area contributed by atoms with E-state index in [2.05, 4.69) is 31.8 Å². The lowest BCUT2D eigenvalue weighted by atomic mass is 10.2. The predicted molar refractivity (Wildman–Crippen MR) is 123 cm³/mol. The highest BCUT2D eigenvalue weighted by molar-refractivity contribution is 9.10. The minimum absolute atomic E-state index is 0.145. The fourth-order valence-corrected chi connectivity index (χ4v) is 2.99. The number of halogens is 1. The van der Waals surface area contributed by atoms with Crippen molar-refractivity contribution in [2.75, 3.05) is 19.0 Å². The Morgan fingerprint density at radius 2 is 1.81 bits per heavy atom. The van der Waals surface area contributed by atoms with Crippen LogP contribution >= 0.6 is 15.9 Å². The van der Waals surface area contributed by atoms with Crippen molar-refractivity contribution in [2.24, 2.45) is 5.10 Å². The highest BCUT2D eigenvalue weighted by atomic mass is 79.9. The molecule has 0 fully saturated rings. The highest BCUT2D eigenvalue weighted by Crippen LogP contribution is 2.23. The Labute approximate surface area is 188 Å². The van der Waals surface area contributed by atoms with Gasteiger partial charge in [-0.1, -0.05) is 34.1 Å². The van der Waals surface area contributed by atoms with E-state index in [1.54, 1.807) is 67.8 Å². The molecule has 7 nitrogen and oxygen atoms in total. The van der Waals surface area contributed by atoms with Crippen LogP contribution in [-0.2, 0) is 4.79 Å². The molecule has 0 unspecified atom stereocenters. The summed E-state index contributed by atoms with van der Waals surface area (Å²) in [5, 5.41) is 6.70. The molecular weight excluding hydrogens is 462 g/mol. The van der Waals surface area contributed by atoms with E-state index in [1.807, 2.05) is 12.1 Å². The van der Waals surface area contributed by atoms with Gasteiger partial charge in [0.15, 0.2) is 6.61 Å². The molecular formula is C23H20BrN3O4. The van der Waals surface area contributed by atoms with Crippen LogP contribution in [0.4, 0.5) is 5.69 Å². The molecule has 0 aromatic heterocycles. The average molecular weight is 482 g/mol. The average Bonchev–Trinajstić information content (AvgIpc) is 2.79. The highest BCUT2D eigenvalue weighted by Gasteiger charge is 2.08. The van der Waals surface area contributed by atoms with Crippen molar-refractivity contribution >= 4 is 39.6 Å². The molecule has 0 saturated heterocycles. The number of nitrogens with one attached hydrogen (secondary N) is 2. The molecule has 0 aliphatic heterocycles. The second kappa shape index (κ2) is 10.9. The molecule has 3 aromatic carbocycles. The number of hydrazone groups is 1. The summed E-state index contributed by atoms with van der Waals surface area (Å²) < 4.78 is 11.5. The first-order valence-electron chi connectivity index (χ1n) is 9.30. The first kappa shape index (κ1) is 22.0. The third-order valence-electron chi connectivity index (χ3n) is 4.10. The maximum absolute atomic E-state index is 12.1. The van der Waals surface area contributed by atoms with Crippen LogP contribution in [0.2, 0.25) is 0 Å². The molecule has 3 rings (SSSR count). The van der Waals surface area contributed by atoms with Gasteiger partial charge in [-0.2, -0.15) is 5.10 Å². The molecule has 0 heterocycles. The van der Waals surface area contributed by atoms with Crippen LogP contribution in [0.15, 0.2) is 82.4 Å². The summed E-state index contributed by atoms with van der Waals surface area (Å²) in [5.74, 6) is 0.501. The van der Waals surface area contributed by atoms with E-state index < -0.39 is 0 Å². The second-order valence-electron chi connectivity index (χ2n) is 6.32. The van der Waals surface area contributed by atoms with Crippen LogP contribution in [0.5, 0.6) is 11.5 Å². The van der Waals surface area contributed by atoms with Gasteiger partial charge in [-0.05, 0) is 60.2 Å². The Balaban J connectivity index is 1.48. The quantitative estimate of drug-likeness (QED) is 0.372. The predicted octanol–water partition coefficient (Wildman–Crippen LogP) is 4.24. The van der Waals surface area contributed by atoms with Crippen LogP contribution < -0.4 is 20.2 Å². The normalized spacial score (nSPS) is 10.5. The van der Waals surface area contributed by atoms with Crippen molar-refractivity contribution in [1.29, 1.82) is 0 Å². The number of carbonyl (C=O) groups excluding carboxylic acids is 2. The zero-order valence-corrected chi connectivity index (χ0v) is 18.3. The third-order valence-corrected chi connectivity index (χ3v) is 4.59. The maximum atomic E-state index is 12.1. The maximum Gasteiger partial charge on any atom is 0.271 e. The Morgan fingerprint density at radius 1 is 1.03 bits per heavy atom. The number of hydrogen-bond acceptors (Lipinski definition) is 5. The SMILES string of the molecule is COc1ccccc1NC(=O)COc1ccc(C=NNC(=O)c2cccc(Br)c2)cc1. The van der Waals surface area contributed by atoms with E-state index in [4.69, 9.17) is 9.47 Å². The van der Waals surface area contributed by atoms with Gasteiger partial charge < -0.3 is 14.8 Å². The number of nitrogens with zero attached hydrogens (tertiary/aromatic N) is 1. The molecule has 3 aromatic rings. The van der Waals surface area contributed by atoms with Gasteiger partial charge in [-0.25, -0.2) is 5.43 Å². The topological polar surface area (TPSA) is 89.0 Å². The largest absolute Gasteiger partial charge is 0.495 e. The smallest absolute Gasteiger partial charge is 0.271 e. The molecule has 0 atom stereocenters. The summed E-state index contributed by atoms with van der Waals surface area (Å²) in [4.78, 5) is 24.2. The van der Waals surface area contributed by atoms with E-state index >= 15 is 0 Å². The van der Waals surface area contributed by atoms with Crippen LogP contribution in [-0.4, -0.2) is 31.7 Å². The van der Waals surface area contributed by atoms with Gasteiger partial charge in [0.25, 0.3) is 11.8 Å². The molecule has 158 valence electrons. The lowest BCUT2D eigenvalue weighted by Crippen LogP contribution is -2.20. The summed E-state index contributed by atoms with van der Waals surface area (Å²) in [7, 11) is 1.54. The minimum atomic E-state index is -0.307. The van der Waals surface area contributed by atoms with Gasteiger partial charge in [-0.3, -0.25) is 9.59 Å². The lowest BCUT2D eigenvalue weighted by Gasteiger charge is -2.10. The fourth-order valence-electron chi connectivity index (χ4n) is 2.59. The van der Waals surface area contributed by atoms with Crippen LogP contribution in [0, 0.1) is 0 Å². The number of rotatable bonds is 8. The number of methoxy groups -OCH3 is 1. The van der Waals surface area contributed by atoms with Crippen LogP contribution in [0.3, 0.4) is 0 Å². The molecule has 0 aliphatic carbocycles. The second-order valence-corrected chi connectivity index (χ2v) is 7.23. The van der Waals surface area contributed by atoms with Crippen molar-refractivity contribution in [2.45, 2.75) is 0 Å². The summed E-state index contributed by atoms with van der Waals surface area (Å²) in [6.45, 7) is -0.145. The van der Waals surface area contributed by atoms with E-state index in [-0.39, 0.29) is 18.4 Å². The Morgan fingerprint density at radius 3 is 2.55 bits per heavy atom. The Bertz CT molecular complexity index is 1080. The first-order chi connectivity index (χ1) is 15.0. The minimum Gasteiger partial charge on any atom is -0.495 e. The molecule has 0 saturated carbocycles. The first-order valence-corrected chi connectivity index (χ1v) is 10.1. The van der Waals surface area contributed by atoms with Crippen molar-refractivity contribution in [3.63, 3.8) is 0 Å². The van der Waals surface area contributed by atoms with Crippen molar-refractivity contribution in [3.05, 3.63) is 88.4 Å². The zero-order valence-electron chi connectivity index (χ0n) is 16.7. The number of hydrogen-bond donors (Lipinski definition) is 2. The van der Waals surface area contributed by atoms with Crippen LogP contribution in [0.25, 0.3) is 0 Å². The van der Waals surface area contributed by atoms with Gasteiger partial charge in [0.05, 0.1) is 19.0 Å². The Kier molecular flexibility index (Phi) is 7.78. The molecule has 0 spiro atoms. The van der Waals surface area contributed by atoms with Crippen LogP contribution in [0.1, 0.15) is 15.9 Å². The monoisotopic (exact) mass is 481 g/mol. The van der Waals surface area contributed by atoms with E-state index in [0.29, 0.717) is 22.7 Å². The third kappa shape index (κ3) is 6.68. The number of benzene rings is 3. The summed E-state index contributed by atoms with van der Waals surface area (Å²) in [6, 6.07) is 21.1. The molecule has 2 amide bonds. The lowest BCUT2D eigenvalue weighted by molar-refractivity contribution is -0.118. The fraction of sp³-hybridized carbons (Fsp3) is 0.0870. The number of carbonyl (C=O) groups is 2.